The normalized spacial score (nSPS) is 11.8. The number of imidazole rings is 1. The Kier molecular flexibility index (Phi) is 5.61. The molecular weight excluding hydrogens is 569 g/mol. The Morgan fingerprint density at radius 1 is 0.319 bits per heavy atom. The molecule has 0 unspecified atom stereocenters. The maximum absolute atomic E-state index is 5.11. The number of hydrogen-bond donors (Lipinski definition) is 0. The van der Waals surface area contributed by atoms with Crippen molar-refractivity contribution in [1.82, 2.24) is 9.38 Å². The topological polar surface area (TPSA) is 17.3 Å². The van der Waals surface area contributed by atoms with Gasteiger partial charge in [0.05, 0.1) is 16.6 Å². The molecule has 0 amide bonds. The van der Waals surface area contributed by atoms with E-state index in [4.69, 9.17) is 4.98 Å². The summed E-state index contributed by atoms with van der Waals surface area (Å²) in [7, 11) is 0. The van der Waals surface area contributed by atoms with E-state index in [1.54, 1.807) is 0 Å². The Labute approximate surface area is 271 Å². The van der Waals surface area contributed by atoms with Gasteiger partial charge in [0.2, 0.25) is 0 Å². The fourth-order valence-electron chi connectivity index (χ4n) is 7.68. The van der Waals surface area contributed by atoms with Crippen LogP contribution in [0, 0.1) is 0 Å². The molecule has 0 spiro atoms. The van der Waals surface area contributed by atoms with E-state index < -0.39 is 0 Å². The second kappa shape index (κ2) is 10.1. The van der Waals surface area contributed by atoms with Gasteiger partial charge in [0.1, 0.15) is 5.65 Å². The van der Waals surface area contributed by atoms with Crippen LogP contribution in [-0.2, 0) is 0 Å². The Morgan fingerprint density at radius 3 is 1.49 bits per heavy atom. The predicted molar refractivity (Wildman–Crippen MR) is 199 cm³/mol. The van der Waals surface area contributed by atoms with Gasteiger partial charge in [0.25, 0.3) is 0 Å². The van der Waals surface area contributed by atoms with Gasteiger partial charge in [-0.3, -0.25) is 4.40 Å². The summed E-state index contributed by atoms with van der Waals surface area (Å²) in [5.41, 5.74) is 11.7. The summed E-state index contributed by atoms with van der Waals surface area (Å²) in [5.74, 6) is 0. The number of rotatable bonds is 3. The Bertz CT molecular complexity index is 2830. The van der Waals surface area contributed by atoms with Gasteiger partial charge < -0.3 is 0 Å². The molecule has 0 bridgehead atoms. The molecule has 10 aromatic rings. The maximum Gasteiger partial charge on any atom is 0.146 e. The third-order valence-corrected chi connectivity index (χ3v) is 9.74. The molecule has 2 heterocycles. The summed E-state index contributed by atoms with van der Waals surface area (Å²) in [4.78, 5) is 5.11. The van der Waals surface area contributed by atoms with Gasteiger partial charge in [0.15, 0.2) is 0 Å². The maximum atomic E-state index is 5.11. The van der Waals surface area contributed by atoms with E-state index in [9.17, 15) is 0 Å². The van der Waals surface area contributed by atoms with E-state index in [1.165, 1.54) is 71.2 Å². The predicted octanol–water partition coefficient (Wildman–Crippen LogP) is 12.1. The standard InChI is InChI=1S/C45H28N2/c1-3-13-29(14-4-1)43-34-18-7-8-19-35(34)44(30-15-5-2-6-16-30)39-28-32(23-25-36(39)43)31-24-26-37-38(27-31)33-17-9-11-21-41(33)47-42-22-12-10-20-40(42)46-45(37)47/h1-28H. The Balaban J connectivity index is 1.29. The highest BCUT2D eigenvalue weighted by Gasteiger charge is 2.18. The van der Waals surface area contributed by atoms with E-state index >= 15 is 0 Å². The van der Waals surface area contributed by atoms with Crippen LogP contribution in [0.2, 0.25) is 0 Å². The minimum Gasteiger partial charge on any atom is -0.292 e. The van der Waals surface area contributed by atoms with Crippen molar-refractivity contribution in [3.05, 3.63) is 170 Å². The first kappa shape index (κ1) is 26.0. The highest BCUT2D eigenvalue weighted by atomic mass is 15.0. The van der Waals surface area contributed by atoms with Crippen molar-refractivity contribution in [3.63, 3.8) is 0 Å². The number of benzene rings is 8. The van der Waals surface area contributed by atoms with Crippen LogP contribution in [0.1, 0.15) is 0 Å². The van der Waals surface area contributed by atoms with Crippen LogP contribution in [0.5, 0.6) is 0 Å². The number of fused-ring (bicyclic) bond motifs is 10. The van der Waals surface area contributed by atoms with Gasteiger partial charge >= 0.3 is 0 Å². The van der Waals surface area contributed by atoms with E-state index in [-0.39, 0.29) is 0 Å². The number of hydrogen-bond acceptors (Lipinski definition) is 1. The molecule has 2 nitrogen and oxygen atoms in total. The lowest BCUT2D eigenvalue weighted by atomic mass is 9.85. The first-order chi connectivity index (χ1) is 23.3. The van der Waals surface area contributed by atoms with Gasteiger partial charge in [-0.15, -0.1) is 0 Å². The average Bonchev–Trinajstić information content (AvgIpc) is 3.54. The summed E-state index contributed by atoms with van der Waals surface area (Å²) in [6.07, 6.45) is 0. The number of aromatic nitrogens is 2. The Hall–Kier alpha value is -6.25. The molecule has 47 heavy (non-hydrogen) atoms. The molecule has 0 saturated carbocycles. The first-order valence-electron chi connectivity index (χ1n) is 16.1. The Morgan fingerprint density at radius 2 is 0.809 bits per heavy atom. The van der Waals surface area contributed by atoms with Crippen LogP contribution in [0.4, 0.5) is 0 Å². The summed E-state index contributed by atoms with van der Waals surface area (Å²) >= 11 is 0. The third-order valence-electron chi connectivity index (χ3n) is 9.74. The molecule has 0 atom stereocenters. The smallest absolute Gasteiger partial charge is 0.146 e. The molecule has 10 rings (SSSR count). The second-order valence-electron chi connectivity index (χ2n) is 12.3. The molecule has 0 radical (unpaired) electrons. The van der Waals surface area contributed by atoms with Crippen LogP contribution in [-0.4, -0.2) is 9.38 Å². The van der Waals surface area contributed by atoms with Crippen LogP contribution in [0.15, 0.2) is 170 Å². The minimum absolute atomic E-state index is 0.996. The van der Waals surface area contributed by atoms with Crippen LogP contribution >= 0.6 is 0 Å². The minimum atomic E-state index is 0.996. The molecule has 0 aliphatic rings. The summed E-state index contributed by atoms with van der Waals surface area (Å²) in [6, 6.07) is 61.6. The van der Waals surface area contributed by atoms with Crippen molar-refractivity contribution in [2.75, 3.05) is 0 Å². The van der Waals surface area contributed by atoms with E-state index in [2.05, 4.69) is 174 Å². The summed E-state index contributed by atoms with van der Waals surface area (Å²) in [5, 5.41) is 8.65. The fraction of sp³-hybridized carbons (Fsp3) is 0. The largest absolute Gasteiger partial charge is 0.292 e. The van der Waals surface area contributed by atoms with Gasteiger partial charge in [-0.2, -0.15) is 0 Å². The highest BCUT2D eigenvalue weighted by molar-refractivity contribution is 6.22. The molecule has 0 aliphatic carbocycles. The van der Waals surface area contributed by atoms with Crippen LogP contribution < -0.4 is 0 Å². The lowest BCUT2D eigenvalue weighted by Crippen LogP contribution is -1.93. The highest BCUT2D eigenvalue weighted by Crippen LogP contribution is 2.45. The lowest BCUT2D eigenvalue weighted by molar-refractivity contribution is 1.31. The van der Waals surface area contributed by atoms with Crippen molar-refractivity contribution in [3.8, 4) is 33.4 Å². The quantitative estimate of drug-likeness (QED) is 0.146. The molecule has 2 aromatic heterocycles. The lowest BCUT2D eigenvalue weighted by Gasteiger charge is -2.19. The van der Waals surface area contributed by atoms with Gasteiger partial charge in [0, 0.05) is 10.8 Å². The first-order valence-corrected chi connectivity index (χ1v) is 16.1. The molecule has 0 aliphatic heterocycles. The molecule has 0 N–H and O–H groups in total. The van der Waals surface area contributed by atoms with E-state index in [1.807, 2.05) is 0 Å². The van der Waals surface area contributed by atoms with Crippen molar-refractivity contribution in [2.24, 2.45) is 0 Å². The van der Waals surface area contributed by atoms with E-state index in [0.717, 1.165) is 22.1 Å². The van der Waals surface area contributed by atoms with Gasteiger partial charge in [-0.1, -0.05) is 133 Å². The van der Waals surface area contributed by atoms with Gasteiger partial charge in [-0.05, 0) is 96.7 Å². The van der Waals surface area contributed by atoms with Crippen molar-refractivity contribution < 1.29 is 0 Å². The summed E-state index contributed by atoms with van der Waals surface area (Å²) in [6.45, 7) is 0. The molecule has 0 saturated heterocycles. The fourth-order valence-corrected chi connectivity index (χ4v) is 7.68. The zero-order valence-corrected chi connectivity index (χ0v) is 25.6. The van der Waals surface area contributed by atoms with Crippen LogP contribution in [0.25, 0.3) is 93.3 Å². The second-order valence-corrected chi connectivity index (χ2v) is 12.3. The van der Waals surface area contributed by atoms with Crippen molar-refractivity contribution in [1.29, 1.82) is 0 Å². The monoisotopic (exact) mass is 596 g/mol. The van der Waals surface area contributed by atoms with E-state index in [0.29, 0.717) is 0 Å². The van der Waals surface area contributed by atoms with Crippen LogP contribution in [0.3, 0.4) is 0 Å². The SMILES string of the molecule is c1ccc(-c2c3ccccc3c(-c3ccccc3)c3cc(-c4ccc5c(c4)c4ccccc4n4c6ccccc6nc54)ccc23)cc1. The molecule has 2 heteroatoms. The number of nitrogens with zero attached hydrogens (tertiary/aromatic N) is 2. The van der Waals surface area contributed by atoms with Crippen molar-refractivity contribution in [2.45, 2.75) is 0 Å². The average molecular weight is 597 g/mol. The molecule has 218 valence electrons. The number of para-hydroxylation sites is 3. The zero-order valence-electron chi connectivity index (χ0n) is 25.6. The molecular formula is C45H28N2. The molecule has 0 fully saturated rings. The number of pyridine rings is 1. The van der Waals surface area contributed by atoms with Crippen molar-refractivity contribution >= 4 is 59.9 Å². The third kappa shape index (κ3) is 3.89. The summed E-state index contributed by atoms with van der Waals surface area (Å²) < 4.78 is 2.31. The van der Waals surface area contributed by atoms with Gasteiger partial charge in [-0.25, -0.2) is 4.98 Å². The molecule has 8 aromatic carbocycles. The zero-order chi connectivity index (χ0) is 30.9.